The minimum atomic E-state index is -0.419. The van der Waals surface area contributed by atoms with E-state index in [1.165, 1.54) is 12.8 Å². The molecular weight excluding hydrogens is 322 g/mol. The number of rotatable bonds is 7. The molecule has 0 spiro atoms. The fraction of sp³-hybridized carbons (Fsp3) is 0.533. The Balaban J connectivity index is 2.14. The zero-order chi connectivity index (χ0) is 14.5. The van der Waals surface area contributed by atoms with Gasteiger partial charge >= 0.3 is 5.97 Å². The van der Waals surface area contributed by atoms with Gasteiger partial charge in [0.05, 0.1) is 18.2 Å². The Morgan fingerprint density at radius 2 is 2.25 bits per heavy atom. The van der Waals surface area contributed by atoms with Crippen LogP contribution in [0.25, 0.3) is 0 Å². The molecular formula is C15H20BrNO3. The Hall–Kier alpha value is -1.07. The summed E-state index contributed by atoms with van der Waals surface area (Å²) in [4.78, 5) is 12.1. The Morgan fingerprint density at radius 3 is 2.80 bits per heavy atom. The maximum Gasteiger partial charge on any atom is 0.327 e. The molecule has 0 bridgehead atoms. The van der Waals surface area contributed by atoms with E-state index in [1.807, 2.05) is 25.1 Å². The van der Waals surface area contributed by atoms with E-state index in [1.54, 1.807) is 7.11 Å². The molecule has 0 aliphatic heterocycles. The van der Waals surface area contributed by atoms with Crippen molar-refractivity contribution in [3.05, 3.63) is 28.2 Å². The smallest absolute Gasteiger partial charge is 0.327 e. The first-order valence-corrected chi connectivity index (χ1v) is 7.68. The van der Waals surface area contributed by atoms with Crippen molar-refractivity contribution in [2.75, 3.05) is 20.3 Å². The van der Waals surface area contributed by atoms with Gasteiger partial charge in [-0.15, -0.1) is 0 Å². The number of hydrogen-bond donors (Lipinski definition) is 1. The molecule has 1 unspecified atom stereocenters. The topological polar surface area (TPSA) is 47.6 Å². The Kier molecular flexibility index (Phi) is 5.43. The predicted molar refractivity (Wildman–Crippen MR) is 80.8 cm³/mol. The standard InChI is InChI=1S/C15H20BrNO3/c1-3-20-15(18)14(17-9-10-4-5-10)11-6-7-13(19-2)12(16)8-11/h6-8,10,14,17H,3-5,9H2,1-2H3. The molecule has 2 rings (SSSR count). The second-order valence-electron chi connectivity index (χ2n) is 4.93. The number of carbonyl (C=O) groups excluding carboxylic acids is 1. The first kappa shape index (κ1) is 15.3. The van der Waals surface area contributed by atoms with E-state index in [0.717, 1.165) is 22.3 Å². The number of hydrogen-bond acceptors (Lipinski definition) is 4. The molecule has 0 amide bonds. The van der Waals surface area contributed by atoms with Crippen molar-refractivity contribution < 1.29 is 14.3 Å². The van der Waals surface area contributed by atoms with Crippen LogP contribution in [-0.4, -0.2) is 26.2 Å². The molecule has 0 heterocycles. The molecule has 1 aliphatic carbocycles. The molecule has 0 saturated heterocycles. The number of ether oxygens (including phenoxy) is 2. The van der Waals surface area contributed by atoms with Crippen LogP contribution in [0.15, 0.2) is 22.7 Å². The normalized spacial score (nSPS) is 15.8. The summed E-state index contributed by atoms with van der Waals surface area (Å²) in [6, 6.07) is 5.23. The number of nitrogens with one attached hydrogen (secondary N) is 1. The lowest BCUT2D eigenvalue weighted by atomic mass is 10.1. The van der Waals surface area contributed by atoms with E-state index < -0.39 is 6.04 Å². The molecule has 110 valence electrons. The Bertz CT molecular complexity index is 474. The van der Waals surface area contributed by atoms with E-state index in [9.17, 15) is 4.79 Å². The third-order valence-corrected chi connectivity index (χ3v) is 3.96. The molecule has 4 nitrogen and oxygen atoms in total. The van der Waals surface area contributed by atoms with Crippen LogP contribution in [0.2, 0.25) is 0 Å². The third kappa shape index (κ3) is 3.96. The summed E-state index contributed by atoms with van der Waals surface area (Å²) < 4.78 is 11.2. The molecule has 0 aromatic heterocycles. The minimum absolute atomic E-state index is 0.231. The van der Waals surface area contributed by atoms with Gasteiger partial charge in [0.25, 0.3) is 0 Å². The van der Waals surface area contributed by atoms with E-state index in [0.29, 0.717) is 12.5 Å². The minimum Gasteiger partial charge on any atom is -0.496 e. The zero-order valence-corrected chi connectivity index (χ0v) is 13.4. The molecule has 1 aliphatic rings. The van der Waals surface area contributed by atoms with Gasteiger partial charge in [-0.1, -0.05) is 6.07 Å². The summed E-state index contributed by atoms with van der Waals surface area (Å²) in [6.07, 6.45) is 2.49. The first-order valence-electron chi connectivity index (χ1n) is 6.89. The van der Waals surface area contributed by atoms with Crippen LogP contribution in [0, 0.1) is 5.92 Å². The van der Waals surface area contributed by atoms with E-state index in [2.05, 4.69) is 21.2 Å². The quantitative estimate of drug-likeness (QED) is 0.774. The van der Waals surface area contributed by atoms with Crippen LogP contribution in [-0.2, 0) is 9.53 Å². The van der Waals surface area contributed by atoms with E-state index >= 15 is 0 Å². The number of carbonyl (C=O) groups is 1. The Labute approximate surface area is 128 Å². The first-order chi connectivity index (χ1) is 9.65. The van der Waals surface area contributed by atoms with Gasteiger partial charge < -0.3 is 14.8 Å². The summed E-state index contributed by atoms with van der Waals surface area (Å²) >= 11 is 3.45. The van der Waals surface area contributed by atoms with Crippen molar-refractivity contribution >= 4 is 21.9 Å². The summed E-state index contributed by atoms with van der Waals surface area (Å²) in [5.74, 6) is 1.22. The highest BCUT2D eigenvalue weighted by Crippen LogP contribution is 2.31. The lowest BCUT2D eigenvalue weighted by Gasteiger charge is -2.18. The number of esters is 1. The summed E-state index contributed by atoms with van der Waals surface area (Å²) in [5, 5.41) is 3.31. The molecule has 20 heavy (non-hydrogen) atoms. The van der Waals surface area contributed by atoms with Crippen LogP contribution in [0.1, 0.15) is 31.4 Å². The van der Waals surface area contributed by atoms with Crippen molar-refractivity contribution in [2.45, 2.75) is 25.8 Å². The van der Waals surface area contributed by atoms with Gasteiger partial charge in [0.2, 0.25) is 0 Å². The van der Waals surface area contributed by atoms with Crippen molar-refractivity contribution in [2.24, 2.45) is 5.92 Å². The molecule has 1 aromatic carbocycles. The van der Waals surface area contributed by atoms with Gasteiger partial charge in [-0.3, -0.25) is 0 Å². The predicted octanol–water partition coefficient (Wildman–Crippen LogP) is 3.06. The second kappa shape index (κ2) is 7.09. The average Bonchev–Trinajstić information content (AvgIpc) is 3.23. The van der Waals surface area contributed by atoms with E-state index in [4.69, 9.17) is 9.47 Å². The second-order valence-corrected chi connectivity index (χ2v) is 5.79. The van der Waals surface area contributed by atoms with Gasteiger partial charge in [-0.05, 0) is 65.9 Å². The summed E-state index contributed by atoms with van der Waals surface area (Å²) in [7, 11) is 1.62. The molecule has 1 saturated carbocycles. The van der Waals surface area contributed by atoms with Crippen LogP contribution < -0.4 is 10.1 Å². The van der Waals surface area contributed by atoms with Gasteiger partial charge in [0.15, 0.2) is 0 Å². The largest absolute Gasteiger partial charge is 0.496 e. The SMILES string of the molecule is CCOC(=O)C(NCC1CC1)c1ccc(OC)c(Br)c1. The van der Waals surface area contributed by atoms with Crippen molar-refractivity contribution in [3.63, 3.8) is 0 Å². The molecule has 1 atom stereocenters. The number of halogens is 1. The van der Waals surface area contributed by atoms with Crippen LogP contribution in [0.4, 0.5) is 0 Å². The highest BCUT2D eigenvalue weighted by atomic mass is 79.9. The fourth-order valence-electron chi connectivity index (χ4n) is 2.03. The molecule has 0 radical (unpaired) electrons. The summed E-state index contributed by atoms with van der Waals surface area (Å²) in [6.45, 7) is 3.06. The molecule has 1 N–H and O–H groups in total. The van der Waals surface area contributed by atoms with Crippen LogP contribution in [0.5, 0.6) is 5.75 Å². The molecule has 1 fully saturated rings. The fourth-order valence-corrected chi connectivity index (χ4v) is 2.59. The van der Waals surface area contributed by atoms with Crippen molar-refractivity contribution in [1.29, 1.82) is 0 Å². The van der Waals surface area contributed by atoms with E-state index in [-0.39, 0.29) is 5.97 Å². The van der Waals surface area contributed by atoms with Crippen LogP contribution in [0.3, 0.4) is 0 Å². The van der Waals surface area contributed by atoms with Gasteiger partial charge in [0, 0.05) is 0 Å². The maximum atomic E-state index is 12.1. The lowest BCUT2D eigenvalue weighted by Crippen LogP contribution is -2.31. The zero-order valence-electron chi connectivity index (χ0n) is 11.8. The average molecular weight is 342 g/mol. The highest BCUT2D eigenvalue weighted by Gasteiger charge is 2.27. The lowest BCUT2D eigenvalue weighted by molar-refractivity contribution is -0.145. The maximum absolute atomic E-state index is 12.1. The van der Waals surface area contributed by atoms with Crippen molar-refractivity contribution in [3.8, 4) is 5.75 Å². The van der Waals surface area contributed by atoms with Crippen molar-refractivity contribution in [1.82, 2.24) is 5.32 Å². The Morgan fingerprint density at radius 1 is 1.50 bits per heavy atom. The number of methoxy groups -OCH3 is 1. The molecule has 1 aromatic rings. The third-order valence-electron chi connectivity index (χ3n) is 3.34. The van der Waals surface area contributed by atoms with Gasteiger partial charge in [-0.2, -0.15) is 0 Å². The van der Waals surface area contributed by atoms with Crippen LogP contribution >= 0.6 is 15.9 Å². The monoisotopic (exact) mass is 341 g/mol. The highest BCUT2D eigenvalue weighted by molar-refractivity contribution is 9.10. The molecule has 5 heteroatoms. The van der Waals surface area contributed by atoms with Gasteiger partial charge in [-0.25, -0.2) is 4.79 Å². The summed E-state index contributed by atoms with van der Waals surface area (Å²) in [5.41, 5.74) is 0.886. The van der Waals surface area contributed by atoms with Gasteiger partial charge in [0.1, 0.15) is 11.8 Å². The number of benzene rings is 1.